The average Bonchev–Trinajstić information content (AvgIpc) is 2.38. The summed E-state index contributed by atoms with van der Waals surface area (Å²) in [6, 6.07) is 0. The predicted molar refractivity (Wildman–Crippen MR) is 74.2 cm³/mol. The number of hydrogen-bond donors (Lipinski definition) is 2. The van der Waals surface area contributed by atoms with E-state index in [9.17, 15) is 14.5 Å². The van der Waals surface area contributed by atoms with Gasteiger partial charge in [-0.25, -0.2) is 4.79 Å². The highest BCUT2D eigenvalue weighted by Crippen LogP contribution is 2.04. The maximum absolute atomic E-state index is 9.87. The Labute approximate surface area is 118 Å². The number of carbonyl (C=O) groups is 2. The van der Waals surface area contributed by atoms with Crippen molar-refractivity contribution in [3.63, 3.8) is 0 Å². The standard InChI is InChI=1S/C8H17NO2.C5H6O4/c1-2-3-4-5-6-7-8-11-9-10;1-3(5(8)9)2-4(6)7/h2-8H2,1H3;1-2H2,(H,6,7)(H,8,9). The smallest absolute Gasteiger partial charge is 0.331 e. The molecule has 20 heavy (non-hydrogen) atoms. The molecule has 0 heterocycles. The molecule has 0 aliphatic rings. The zero-order valence-electron chi connectivity index (χ0n) is 11.8. The Bertz CT molecular complexity index is 303. The maximum Gasteiger partial charge on any atom is 0.331 e. The Kier molecular flexibility index (Phi) is 15.4. The molecule has 0 radical (unpaired) electrons. The molecule has 7 nitrogen and oxygen atoms in total. The Hall–Kier alpha value is -1.92. The van der Waals surface area contributed by atoms with Gasteiger partial charge in [0.25, 0.3) is 0 Å². The first-order valence-corrected chi connectivity index (χ1v) is 6.53. The normalized spacial score (nSPS) is 9.05. The molecule has 0 aromatic rings. The van der Waals surface area contributed by atoms with Gasteiger partial charge >= 0.3 is 11.9 Å². The van der Waals surface area contributed by atoms with Crippen LogP contribution in [0.1, 0.15) is 51.9 Å². The van der Waals surface area contributed by atoms with E-state index >= 15 is 0 Å². The van der Waals surface area contributed by atoms with Crippen molar-refractivity contribution < 1.29 is 24.6 Å². The SMILES string of the molecule is C=C(CC(=O)O)C(=O)O.CCCCCCCCON=O. The zero-order valence-corrected chi connectivity index (χ0v) is 11.8. The lowest BCUT2D eigenvalue weighted by Gasteiger charge is -1.97. The zero-order chi connectivity index (χ0) is 15.8. The van der Waals surface area contributed by atoms with E-state index in [1.165, 1.54) is 25.7 Å². The van der Waals surface area contributed by atoms with Crippen molar-refractivity contribution in [2.45, 2.75) is 51.9 Å². The molecule has 0 saturated carbocycles. The van der Waals surface area contributed by atoms with Crippen molar-refractivity contribution in [1.29, 1.82) is 0 Å². The van der Waals surface area contributed by atoms with Gasteiger partial charge in [0.2, 0.25) is 0 Å². The summed E-state index contributed by atoms with van der Waals surface area (Å²) in [5, 5.41) is 18.4. The summed E-state index contributed by atoms with van der Waals surface area (Å²) in [6.07, 6.45) is 6.72. The molecule has 0 spiro atoms. The van der Waals surface area contributed by atoms with Crippen LogP contribution in [-0.2, 0) is 14.4 Å². The van der Waals surface area contributed by atoms with E-state index in [0.29, 0.717) is 6.61 Å². The van der Waals surface area contributed by atoms with Crippen LogP contribution in [0.15, 0.2) is 17.5 Å². The topological polar surface area (TPSA) is 113 Å². The molecule has 0 bridgehead atoms. The quantitative estimate of drug-likeness (QED) is 0.261. The number of rotatable bonds is 11. The molecular formula is C13H23NO6. The van der Waals surface area contributed by atoms with Gasteiger partial charge < -0.3 is 15.1 Å². The van der Waals surface area contributed by atoms with E-state index in [1.807, 2.05) is 0 Å². The van der Waals surface area contributed by atoms with E-state index < -0.39 is 18.4 Å². The van der Waals surface area contributed by atoms with Crippen LogP contribution in [0.5, 0.6) is 0 Å². The molecule has 116 valence electrons. The molecule has 0 rings (SSSR count). The molecule has 0 amide bonds. The summed E-state index contributed by atoms with van der Waals surface area (Å²) >= 11 is 0. The molecular weight excluding hydrogens is 266 g/mol. The number of hydrogen-bond acceptors (Lipinski definition) is 5. The number of unbranched alkanes of at least 4 members (excludes halogenated alkanes) is 5. The highest BCUT2D eigenvalue weighted by atomic mass is 16.7. The van der Waals surface area contributed by atoms with Crippen molar-refractivity contribution in [2.75, 3.05) is 6.61 Å². The molecule has 0 aromatic heterocycles. The van der Waals surface area contributed by atoms with Crippen LogP contribution in [0.3, 0.4) is 0 Å². The Morgan fingerprint density at radius 2 is 1.65 bits per heavy atom. The van der Waals surface area contributed by atoms with Gasteiger partial charge in [0, 0.05) is 5.57 Å². The third-order valence-electron chi connectivity index (χ3n) is 2.31. The van der Waals surface area contributed by atoms with Gasteiger partial charge in [-0.2, -0.15) is 0 Å². The highest BCUT2D eigenvalue weighted by Gasteiger charge is 2.07. The molecule has 0 aromatic carbocycles. The Morgan fingerprint density at radius 3 is 2.05 bits per heavy atom. The summed E-state index contributed by atoms with van der Waals surface area (Å²) in [5.74, 6) is -2.44. The molecule has 0 aliphatic carbocycles. The summed E-state index contributed by atoms with van der Waals surface area (Å²) in [7, 11) is 0. The van der Waals surface area contributed by atoms with Gasteiger partial charge in [0.15, 0.2) is 5.34 Å². The van der Waals surface area contributed by atoms with Gasteiger partial charge in [-0.15, -0.1) is 4.91 Å². The van der Waals surface area contributed by atoms with Gasteiger partial charge in [0.1, 0.15) is 6.61 Å². The first kappa shape index (κ1) is 20.4. The fraction of sp³-hybridized carbons (Fsp3) is 0.692. The van der Waals surface area contributed by atoms with Crippen LogP contribution in [0.2, 0.25) is 0 Å². The van der Waals surface area contributed by atoms with Crippen molar-refractivity contribution in [3.8, 4) is 0 Å². The summed E-state index contributed by atoms with van der Waals surface area (Å²) in [6.45, 7) is 5.69. The Balaban J connectivity index is 0. The van der Waals surface area contributed by atoms with Crippen LogP contribution >= 0.6 is 0 Å². The lowest BCUT2D eigenvalue weighted by atomic mass is 10.1. The van der Waals surface area contributed by atoms with E-state index in [-0.39, 0.29) is 5.57 Å². The second kappa shape index (κ2) is 15.1. The van der Waals surface area contributed by atoms with Gasteiger partial charge in [-0.05, 0) is 12.8 Å². The van der Waals surface area contributed by atoms with Crippen LogP contribution in [0.4, 0.5) is 0 Å². The number of aliphatic carboxylic acids is 2. The van der Waals surface area contributed by atoms with Crippen molar-refractivity contribution in [1.82, 2.24) is 0 Å². The number of carboxylic acid groups (broad SMARTS) is 2. The van der Waals surface area contributed by atoms with Crippen molar-refractivity contribution in [3.05, 3.63) is 17.1 Å². The molecule has 0 unspecified atom stereocenters. The number of nitrogens with zero attached hydrogens (tertiary/aromatic N) is 1. The van der Waals surface area contributed by atoms with E-state index in [4.69, 9.17) is 10.2 Å². The van der Waals surface area contributed by atoms with Gasteiger partial charge in [0.05, 0.1) is 6.42 Å². The molecule has 0 fully saturated rings. The van der Waals surface area contributed by atoms with Crippen molar-refractivity contribution >= 4 is 11.9 Å². The fourth-order valence-electron chi connectivity index (χ4n) is 1.24. The lowest BCUT2D eigenvalue weighted by Crippen LogP contribution is -2.04. The van der Waals surface area contributed by atoms with Gasteiger partial charge in [-0.1, -0.05) is 39.2 Å². The molecule has 0 saturated heterocycles. The lowest BCUT2D eigenvalue weighted by molar-refractivity contribution is -0.139. The summed E-state index contributed by atoms with van der Waals surface area (Å²) in [5.41, 5.74) is -0.303. The average molecular weight is 289 g/mol. The van der Waals surface area contributed by atoms with Crippen molar-refractivity contribution in [2.24, 2.45) is 5.34 Å². The van der Waals surface area contributed by atoms with E-state index in [2.05, 4.69) is 23.7 Å². The first-order chi connectivity index (χ1) is 9.45. The third kappa shape index (κ3) is 18.4. The monoisotopic (exact) mass is 289 g/mol. The Morgan fingerprint density at radius 1 is 1.10 bits per heavy atom. The van der Waals surface area contributed by atoms with Crippen LogP contribution in [0.25, 0.3) is 0 Å². The predicted octanol–water partition coefficient (Wildman–Crippen LogP) is 3.15. The molecule has 7 heteroatoms. The van der Waals surface area contributed by atoms with Gasteiger partial charge in [-0.3, -0.25) is 4.79 Å². The minimum atomic E-state index is -1.27. The molecule has 0 aliphatic heterocycles. The van der Waals surface area contributed by atoms with Crippen LogP contribution in [0, 0.1) is 4.91 Å². The minimum Gasteiger partial charge on any atom is -0.481 e. The summed E-state index contributed by atoms with van der Waals surface area (Å²) in [4.78, 5) is 33.4. The number of carboxylic acids is 2. The summed E-state index contributed by atoms with van der Waals surface area (Å²) < 4.78 is 0. The van der Waals surface area contributed by atoms with E-state index in [1.54, 1.807) is 0 Å². The van der Waals surface area contributed by atoms with Crippen LogP contribution in [-0.4, -0.2) is 28.8 Å². The second-order valence-corrected chi connectivity index (χ2v) is 4.15. The third-order valence-corrected chi connectivity index (χ3v) is 2.31. The largest absolute Gasteiger partial charge is 0.481 e. The maximum atomic E-state index is 9.87. The fourth-order valence-corrected chi connectivity index (χ4v) is 1.24. The van der Waals surface area contributed by atoms with Crippen LogP contribution < -0.4 is 0 Å². The first-order valence-electron chi connectivity index (χ1n) is 6.53. The van der Waals surface area contributed by atoms with E-state index in [0.717, 1.165) is 12.8 Å². The minimum absolute atomic E-state index is 0.303. The second-order valence-electron chi connectivity index (χ2n) is 4.15. The highest BCUT2D eigenvalue weighted by molar-refractivity contribution is 5.91. The molecule has 0 atom stereocenters. The molecule has 2 N–H and O–H groups in total.